The fraction of sp³-hybridized carbons (Fsp3) is 0.333. The van der Waals surface area contributed by atoms with Crippen molar-refractivity contribution in [2.24, 2.45) is 5.73 Å². The molecule has 0 saturated heterocycles. The minimum Gasteiger partial charge on any atom is -0.351 e. The van der Waals surface area contributed by atoms with Crippen molar-refractivity contribution in [2.45, 2.75) is 38.5 Å². The van der Waals surface area contributed by atoms with E-state index in [0.29, 0.717) is 12.2 Å². The fourth-order valence-corrected chi connectivity index (χ4v) is 3.36. The lowest BCUT2D eigenvalue weighted by molar-refractivity contribution is -0.119. The van der Waals surface area contributed by atoms with E-state index in [1.165, 1.54) is 5.56 Å². The lowest BCUT2D eigenvalue weighted by atomic mass is 9.86. The van der Waals surface area contributed by atoms with Crippen LogP contribution in [0.15, 0.2) is 48.5 Å². The molecular weight excluding hydrogens is 326 g/mol. The monoisotopic (exact) mass is 351 g/mol. The highest BCUT2D eigenvalue weighted by molar-refractivity contribution is 6.06. The third kappa shape index (κ3) is 3.57. The number of nitrogens with two attached hydrogens (primary N) is 1. The summed E-state index contributed by atoms with van der Waals surface area (Å²) in [7, 11) is 0. The fourth-order valence-electron chi connectivity index (χ4n) is 3.36. The molecule has 3 rings (SSSR count). The van der Waals surface area contributed by atoms with Crippen LogP contribution in [0, 0.1) is 0 Å². The average molecular weight is 351 g/mol. The number of amides is 3. The number of carbonyl (C=O) groups is 2. The summed E-state index contributed by atoms with van der Waals surface area (Å²) in [5.41, 5.74) is 8.74. The Morgan fingerprint density at radius 1 is 1.12 bits per heavy atom. The van der Waals surface area contributed by atoms with Crippen LogP contribution in [0.4, 0.5) is 16.2 Å². The van der Waals surface area contributed by atoms with Crippen molar-refractivity contribution in [2.75, 3.05) is 16.8 Å². The van der Waals surface area contributed by atoms with Gasteiger partial charge in [-0.2, -0.15) is 0 Å². The molecule has 2 aromatic rings. The number of aryl methyl sites for hydroxylation is 1. The second-order valence-corrected chi connectivity index (χ2v) is 7.24. The van der Waals surface area contributed by atoms with Crippen molar-refractivity contribution in [1.29, 1.82) is 0 Å². The van der Waals surface area contributed by atoms with E-state index >= 15 is 0 Å². The largest absolute Gasteiger partial charge is 0.351 e. The minimum atomic E-state index is -0.554. The van der Waals surface area contributed by atoms with Crippen molar-refractivity contribution in [3.63, 3.8) is 0 Å². The second kappa shape index (κ2) is 7.20. The third-order valence-corrected chi connectivity index (χ3v) is 5.01. The maximum Gasteiger partial charge on any atom is 0.319 e. The SMILES string of the molecule is CC1(C)C(=O)Nc2cc(N(CCCCc3ccccc3)C(N)=O)ccc21. The molecule has 1 aliphatic heterocycles. The van der Waals surface area contributed by atoms with Gasteiger partial charge in [0.05, 0.1) is 5.41 Å². The van der Waals surface area contributed by atoms with E-state index in [9.17, 15) is 9.59 Å². The van der Waals surface area contributed by atoms with E-state index in [0.717, 1.165) is 30.5 Å². The van der Waals surface area contributed by atoms with Gasteiger partial charge >= 0.3 is 6.03 Å². The zero-order chi connectivity index (χ0) is 18.7. The van der Waals surface area contributed by atoms with Gasteiger partial charge in [-0.1, -0.05) is 36.4 Å². The first-order valence-electron chi connectivity index (χ1n) is 8.96. The van der Waals surface area contributed by atoms with Crippen molar-refractivity contribution in [3.05, 3.63) is 59.7 Å². The molecule has 0 aliphatic carbocycles. The Bertz CT molecular complexity index is 815. The van der Waals surface area contributed by atoms with Crippen molar-refractivity contribution >= 4 is 23.3 Å². The number of benzene rings is 2. The summed E-state index contributed by atoms with van der Waals surface area (Å²) >= 11 is 0. The first-order chi connectivity index (χ1) is 12.4. The summed E-state index contributed by atoms with van der Waals surface area (Å²) in [6.45, 7) is 4.34. The van der Waals surface area contributed by atoms with Gasteiger partial charge in [0.25, 0.3) is 0 Å². The van der Waals surface area contributed by atoms with Gasteiger partial charge in [0.1, 0.15) is 0 Å². The maximum absolute atomic E-state index is 12.1. The van der Waals surface area contributed by atoms with E-state index < -0.39 is 11.4 Å². The number of urea groups is 1. The molecule has 0 unspecified atom stereocenters. The Morgan fingerprint density at radius 2 is 1.85 bits per heavy atom. The van der Waals surface area contributed by atoms with Gasteiger partial charge in [-0.05, 0) is 56.4 Å². The molecule has 5 heteroatoms. The van der Waals surface area contributed by atoms with E-state index in [2.05, 4.69) is 17.4 Å². The molecule has 0 atom stereocenters. The van der Waals surface area contributed by atoms with Crippen LogP contribution in [0.5, 0.6) is 0 Å². The van der Waals surface area contributed by atoms with Crippen molar-refractivity contribution in [1.82, 2.24) is 0 Å². The first kappa shape index (κ1) is 18.0. The summed E-state index contributed by atoms with van der Waals surface area (Å²) in [4.78, 5) is 25.6. The van der Waals surface area contributed by atoms with Gasteiger partial charge in [-0.25, -0.2) is 4.79 Å². The molecule has 1 heterocycles. The molecule has 0 radical (unpaired) electrons. The molecule has 5 nitrogen and oxygen atoms in total. The first-order valence-corrected chi connectivity index (χ1v) is 8.96. The van der Waals surface area contributed by atoms with E-state index in [1.54, 1.807) is 4.90 Å². The average Bonchev–Trinajstić information content (AvgIpc) is 2.84. The maximum atomic E-state index is 12.1. The Balaban J connectivity index is 1.66. The Morgan fingerprint density at radius 3 is 2.54 bits per heavy atom. The standard InChI is InChI=1S/C21H25N3O2/c1-21(2)17-12-11-16(14-18(17)23-19(21)25)24(20(22)26)13-7-6-10-15-8-4-3-5-9-15/h3-5,8-9,11-12,14H,6-7,10,13H2,1-2H3,(H2,22,26)(H,23,25). The number of hydrogen-bond donors (Lipinski definition) is 2. The number of unbranched alkanes of at least 4 members (excludes halogenated alkanes) is 1. The van der Waals surface area contributed by atoms with Crippen LogP contribution >= 0.6 is 0 Å². The van der Waals surface area contributed by atoms with Crippen molar-refractivity contribution < 1.29 is 9.59 Å². The quantitative estimate of drug-likeness (QED) is 0.776. The summed E-state index contributed by atoms with van der Waals surface area (Å²) in [6.07, 6.45) is 2.80. The van der Waals surface area contributed by atoms with Gasteiger partial charge in [-0.15, -0.1) is 0 Å². The molecular formula is C21H25N3O2. The van der Waals surface area contributed by atoms with E-state index in [4.69, 9.17) is 5.73 Å². The molecule has 136 valence electrons. The highest BCUT2D eigenvalue weighted by Gasteiger charge is 2.38. The number of anilines is 2. The highest BCUT2D eigenvalue weighted by atomic mass is 16.2. The molecule has 0 aromatic heterocycles. The van der Waals surface area contributed by atoms with Crippen LogP contribution < -0.4 is 16.0 Å². The van der Waals surface area contributed by atoms with Crippen LogP contribution in [0.3, 0.4) is 0 Å². The number of hydrogen-bond acceptors (Lipinski definition) is 2. The van der Waals surface area contributed by atoms with Crippen molar-refractivity contribution in [3.8, 4) is 0 Å². The number of fused-ring (bicyclic) bond motifs is 1. The van der Waals surface area contributed by atoms with Gasteiger partial charge in [0.2, 0.25) is 5.91 Å². The predicted molar refractivity (Wildman–Crippen MR) is 104 cm³/mol. The third-order valence-electron chi connectivity index (χ3n) is 5.01. The van der Waals surface area contributed by atoms with E-state index in [1.807, 2.05) is 50.2 Å². The normalized spacial score (nSPS) is 14.6. The number of nitrogens with one attached hydrogen (secondary N) is 1. The Hall–Kier alpha value is -2.82. The predicted octanol–water partition coefficient (Wildman–Crippen LogP) is 3.82. The summed E-state index contributed by atoms with van der Waals surface area (Å²) in [6, 6.07) is 15.4. The number of rotatable bonds is 6. The molecule has 0 bridgehead atoms. The van der Waals surface area contributed by atoms with Gasteiger partial charge in [0, 0.05) is 17.9 Å². The second-order valence-electron chi connectivity index (χ2n) is 7.24. The van der Waals surface area contributed by atoms with Gasteiger partial charge in [-0.3, -0.25) is 9.69 Å². The topological polar surface area (TPSA) is 75.4 Å². The molecule has 3 N–H and O–H groups in total. The van der Waals surface area contributed by atoms with Gasteiger partial charge in [0.15, 0.2) is 0 Å². The van der Waals surface area contributed by atoms with Crippen LogP contribution in [0.25, 0.3) is 0 Å². The lowest BCUT2D eigenvalue weighted by Crippen LogP contribution is -2.36. The number of nitrogens with zero attached hydrogens (tertiary/aromatic N) is 1. The number of primary amides is 1. The summed E-state index contributed by atoms with van der Waals surface area (Å²) in [5, 5.41) is 2.89. The zero-order valence-corrected chi connectivity index (χ0v) is 15.3. The molecule has 0 spiro atoms. The summed E-state index contributed by atoms with van der Waals surface area (Å²) in [5.74, 6) is -0.0295. The summed E-state index contributed by atoms with van der Waals surface area (Å²) < 4.78 is 0. The Labute approximate surface area is 154 Å². The molecule has 1 aliphatic rings. The smallest absolute Gasteiger partial charge is 0.319 e. The molecule has 0 fully saturated rings. The molecule has 0 saturated carbocycles. The van der Waals surface area contributed by atoms with Crippen LogP contribution in [0.1, 0.15) is 37.8 Å². The van der Waals surface area contributed by atoms with Crippen LogP contribution in [-0.4, -0.2) is 18.5 Å². The zero-order valence-electron chi connectivity index (χ0n) is 15.3. The van der Waals surface area contributed by atoms with E-state index in [-0.39, 0.29) is 5.91 Å². The Kier molecular flexibility index (Phi) is 4.98. The lowest BCUT2D eigenvalue weighted by Gasteiger charge is -2.22. The molecule has 3 amide bonds. The molecule has 2 aromatic carbocycles. The highest BCUT2D eigenvalue weighted by Crippen LogP contribution is 2.39. The molecule has 26 heavy (non-hydrogen) atoms. The van der Waals surface area contributed by atoms with Gasteiger partial charge < -0.3 is 11.1 Å². The minimum absolute atomic E-state index is 0.0295. The van der Waals surface area contributed by atoms with Crippen LogP contribution in [0.2, 0.25) is 0 Å². The van der Waals surface area contributed by atoms with Crippen LogP contribution in [-0.2, 0) is 16.6 Å². The number of carbonyl (C=O) groups excluding carboxylic acids is 2.